The lowest BCUT2D eigenvalue weighted by Crippen LogP contribution is -2.33. The van der Waals surface area contributed by atoms with Crippen LogP contribution in [0.2, 0.25) is 0 Å². The molecule has 30 heavy (non-hydrogen) atoms. The summed E-state index contributed by atoms with van der Waals surface area (Å²) in [6, 6.07) is 7.33. The van der Waals surface area contributed by atoms with E-state index in [1.165, 1.54) is 28.7 Å². The van der Waals surface area contributed by atoms with Crippen LogP contribution in [-0.2, 0) is 17.6 Å². The fourth-order valence-electron chi connectivity index (χ4n) is 3.44. The van der Waals surface area contributed by atoms with Crippen LogP contribution in [0.15, 0.2) is 30.3 Å². The zero-order valence-corrected chi connectivity index (χ0v) is 18.5. The summed E-state index contributed by atoms with van der Waals surface area (Å²) < 4.78 is 5.11. The quantitative estimate of drug-likeness (QED) is 0.479. The number of nitrogens with two attached hydrogens (primary N) is 1. The molecule has 0 fully saturated rings. The Balaban J connectivity index is 1.66. The van der Waals surface area contributed by atoms with Crippen molar-refractivity contribution >= 4 is 51.6 Å². The second kappa shape index (κ2) is 10.4. The number of hydrogen-bond acceptors (Lipinski definition) is 5. The van der Waals surface area contributed by atoms with Crippen molar-refractivity contribution in [3.63, 3.8) is 0 Å². The van der Waals surface area contributed by atoms with Crippen LogP contribution < -0.4 is 21.1 Å². The predicted octanol–water partition coefficient (Wildman–Crippen LogP) is 4.04. The van der Waals surface area contributed by atoms with Crippen LogP contribution >= 0.6 is 23.6 Å². The minimum atomic E-state index is -0.468. The van der Waals surface area contributed by atoms with Crippen LogP contribution in [0.25, 0.3) is 6.08 Å². The second-order valence-electron chi connectivity index (χ2n) is 7.04. The van der Waals surface area contributed by atoms with E-state index >= 15 is 0 Å². The summed E-state index contributed by atoms with van der Waals surface area (Å²) >= 11 is 6.78. The Kier molecular flexibility index (Phi) is 7.59. The van der Waals surface area contributed by atoms with Crippen LogP contribution in [0.1, 0.15) is 52.0 Å². The number of carbonyl (C=O) groups excluding carboxylic acids is 2. The van der Waals surface area contributed by atoms with Gasteiger partial charge in [-0.3, -0.25) is 14.9 Å². The maximum atomic E-state index is 12.2. The van der Waals surface area contributed by atoms with E-state index in [0.717, 1.165) is 49.0 Å². The van der Waals surface area contributed by atoms with Gasteiger partial charge in [-0.05, 0) is 67.2 Å². The highest BCUT2D eigenvalue weighted by Gasteiger charge is 2.23. The Morgan fingerprint density at radius 1 is 1.13 bits per heavy atom. The molecule has 1 aliphatic rings. The molecule has 2 aromatic rings. The van der Waals surface area contributed by atoms with Crippen molar-refractivity contribution in [2.75, 3.05) is 12.4 Å². The van der Waals surface area contributed by atoms with Crippen molar-refractivity contribution in [3.05, 3.63) is 51.9 Å². The highest BCUT2D eigenvalue weighted by Crippen LogP contribution is 2.36. The topological polar surface area (TPSA) is 93.4 Å². The summed E-state index contributed by atoms with van der Waals surface area (Å²) in [6.07, 6.45) is 9.36. The monoisotopic (exact) mass is 443 g/mol. The average molecular weight is 444 g/mol. The van der Waals surface area contributed by atoms with Gasteiger partial charge in [-0.25, -0.2) is 0 Å². The number of benzene rings is 1. The number of ether oxygens (including phenoxy) is 1. The third kappa shape index (κ3) is 5.67. The van der Waals surface area contributed by atoms with Gasteiger partial charge in [0.1, 0.15) is 10.8 Å². The van der Waals surface area contributed by atoms with Crippen LogP contribution in [-0.4, -0.2) is 24.0 Å². The fourth-order valence-corrected chi connectivity index (χ4v) is 5.01. The Hall–Kier alpha value is -2.71. The van der Waals surface area contributed by atoms with Gasteiger partial charge < -0.3 is 15.8 Å². The number of aryl methyl sites for hydroxylation is 1. The third-order valence-electron chi connectivity index (χ3n) is 4.92. The summed E-state index contributed by atoms with van der Waals surface area (Å²) in [5.74, 6) is -0.0831. The third-order valence-corrected chi connectivity index (χ3v) is 6.34. The smallest absolute Gasteiger partial charge is 0.251 e. The average Bonchev–Trinajstić information content (AvgIpc) is 3.02. The molecule has 1 aromatic heterocycles. The molecule has 8 heteroatoms. The number of hydrogen-bond donors (Lipinski definition) is 3. The Morgan fingerprint density at radius 2 is 1.83 bits per heavy atom. The molecule has 4 N–H and O–H groups in total. The first-order valence-corrected chi connectivity index (χ1v) is 11.1. The number of anilines is 1. The molecule has 0 radical (unpaired) electrons. The van der Waals surface area contributed by atoms with Crippen molar-refractivity contribution in [1.82, 2.24) is 5.32 Å². The van der Waals surface area contributed by atoms with Gasteiger partial charge in [-0.1, -0.05) is 25.0 Å². The summed E-state index contributed by atoms with van der Waals surface area (Å²) in [6.45, 7) is 0. The van der Waals surface area contributed by atoms with Gasteiger partial charge in [0.05, 0.1) is 12.7 Å². The summed E-state index contributed by atoms with van der Waals surface area (Å²) in [5.41, 5.74) is 8.05. The Bertz CT molecular complexity index is 965. The largest absolute Gasteiger partial charge is 0.497 e. The molecule has 0 saturated carbocycles. The van der Waals surface area contributed by atoms with Gasteiger partial charge >= 0.3 is 0 Å². The van der Waals surface area contributed by atoms with E-state index in [0.29, 0.717) is 10.6 Å². The number of primary amides is 1. The first kappa shape index (κ1) is 22.0. The summed E-state index contributed by atoms with van der Waals surface area (Å²) in [7, 11) is 1.60. The molecule has 0 aliphatic heterocycles. The first-order valence-electron chi connectivity index (χ1n) is 9.86. The molecular formula is C22H25N3O3S2. The van der Waals surface area contributed by atoms with E-state index in [1.54, 1.807) is 13.2 Å². The van der Waals surface area contributed by atoms with Gasteiger partial charge in [0.15, 0.2) is 5.11 Å². The SMILES string of the molecule is COc1ccc(C=CC(=O)NC(=S)Nc2sc3c(c2C(N)=O)CCCCCC3)cc1. The maximum Gasteiger partial charge on any atom is 0.251 e. The lowest BCUT2D eigenvalue weighted by molar-refractivity contribution is -0.115. The van der Waals surface area contributed by atoms with E-state index in [2.05, 4.69) is 10.6 Å². The standard InChI is InChI=1S/C22H25N3O3S2/c1-28-15-11-8-14(9-12-15)10-13-18(26)24-22(29)25-21-19(20(23)27)16-6-4-2-3-5-7-17(16)30-21/h8-13H,2-7H2,1H3,(H2,23,27)(H2,24,25,26,29). The van der Waals surface area contributed by atoms with Crippen molar-refractivity contribution in [3.8, 4) is 5.75 Å². The molecule has 1 aromatic carbocycles. The highest BCUT2D eigenvalue weighted by atomic mass is 32.1. The molecule has 6 nitrogen and oxygen atoms in total. The number of carbonyl (C=O) groups is 2. The number of amides is 2. The fraction of sp³-hybridized carbons (Fsp3) is 0.318. The van der Waals surface area contributed by atoms with Crippen LogP contribution in [0.3, 0.4) is 0 Å². The molecule has 158 valence electrons. The minimum Gasteiger partial charge on any atom is -0.497 e. The van der Waals surface area contributed by atoms with Gasteiger partial charge in [-0.2, -0.15) is 0 Å². The number of fused-ring (bicyclic) bond motifs is 1. The van der Waals surface area contributed by atoms with Gasteiger partial charge in [0, 0.05) is 11.0 Å². The van der Waals surface area contributed by atoms with Gasteiger partial charge in [0.25, 0.3) is 5.91 Å². The summed E-state index contributed by atoms with van der Waals surface area (Å²) in [4.78, 5) is 25.5. The van der Waals surface area contributed by atoms with Gasteiger partial charge in [-0.15, -0.1) is 11.3 Å². The van der Waals surface area contributed by atoms with Crippen molar-refractivity contribution < 1.29 is 14.3 Å². The second-order valence-corrected chi connectivity index (χ2v) is 8.55. The van der Waals surface area contributed by atoms with E-state index in [-0.39, 0.29) is 11.0 Å². The first-order chi connectivity index (χ1) is 14.5. The normalized spacial score (nSPS) is 13.8. The Morgan fingerprint density at radius 3 is 2.50 bits per heavy atom. The van der Waals surface area contributed by atoms with Crippen molar-refractivity contribution in [2.45, 2.75) is 38.5 Å². The number of thiophene rings is 1. The molecule has 0 atom stereocenters. The van der Waals surface area contributed by atoms with Crippen LogP contribution in [0.5, 0.6) is 5.75 Å². The number of nitrogens with one attached hydrogen (secondary N) is 2. The molecule has 1 aliphatic carbocycles. The molecule has 3 rings (SSSR count). The van der Waals surface area contributed by atoms with E-state index in [9.17, 15) is 9.59 Å². The van der Waals surface area contributed by atoms with E-state index in [4.69, 9.17) is 22.7 Å². The highest BCUT2D eigenvalue weighted by molar-refractivity contribution is 7.80. The molecular weight excluding hydrogens is 418 g/mol. The Labute approximate surface area is 185 Å². The molecule has 1 heterocycles. The maximum absolute atomic E-state index is 12.2. The summed E-state index contributed by atoms with van der Waals surface area (Å²) in [5, 5.41) is 6.36. The van der Waals surface area contributed by atoms with Crippen molar-refractivity contribution in [2.24, 2.45) is 5.73 Å². The molecule has 2 amide bonds. The number of rotatable bonds is 5. The molecule has 0 saturated heterocycles. The van der Waals surface area contributed by atoms with Crippen molar-refractivity contribution in [1.29, 1.82) is 0 Å². The lowest BCUT2D eigenvalue weighted by Gasteiger charge is -2.10. The number of methoxy groups -OCH3 is 1. The molecule has 0 bridgehead atoms. The van der Waals surface area contributed by atoms with Crippen LogP contribution in [0.4, 0.5) is 5.00 Å². The zero-order valence-electron chi connectivity index (χ0n) is 16.8. The van der Waals surface area contributed by atoms with E-state index in [1.807, 2.05) is 24.3 Å². The van der Waals surface area contributed by atoms with Gasteiger partial charge in [0.2, 0.25) is 5.91 Å². The number of thiocarbonyl (C=S) groups is 1. The minimum absolute atomic E-state index is 0.135. The van der Waals surface area contributed by atoms with Crippen LogP contribution in [0, 0.1) is 0 Å². The molecule has 0 spiro atoms. The predicted molar refractivity (Wildman–Crippen MR) is 125 cm³/mol. The van der Waals surface area contributed by atoms with E-state index < -0.39 is 5.91 Å². The zero-order chi connectivity index (χ0) is 21.5. The molecule has 0 unspecified atom stereocenters. The lowest BCUT2D eigenvalue weighted by atomic mass is 9.96.